The Morgan fingerprint density at radius 3 is 2.44 bits per heavy atom. The molecule has 0 bridgehead atoms. The van der Waals surface area contributed by atoms with E-state index < -0.39 is 15.9 Å². The van der Waals surface area contributed by atoms with Crippen molar-refractivity contribution in [2.45, 2.75) is 19.4 Å². The van der Waals surface area contributed by atoms with Crippen LogP contribution in [0.2, 0.25) is 5.02 Å². The number of benzene rings is 1. The molecule has 1 fully saturated rings. The van der Waals surface area contributed by atoms with Gasteiger partial charge in [0.2, 0.25) is 5.91 Å². The van der Waals surface area contributed by atoms with Crippen LogP contribution in [0.4, 0.5) is 5.69 Å². The number of carbonyl (C=O) groups is 1. The number of aryl methyl sites for hydroxylation is 1. The van der Waals surface area contributed by atoms with Crippen molar-refractivity contribution in [3.8, 4) is 0 Å². The van der Waals surface area contributed by atoms with Crippen molar-refractivity contribution >= 4 is 45.4 Å². The molecule has 2 N–H and O–H groups in total. The smallest absolute Gasteiger partial charge is 0.239 e. The molecular weight excluding hydrogens is 385 g/mol. The molecule has 2 rings (SSSR count). The molecule has 0 saturated carbocycles. The first kappa shape index (κ1) is 22.0. The lowest BCUT2D eigenvalue weighted by molar-refractivity contribution is -0.132. The van der Waals surface area contributed by atoms with Crippen LogP contribution in [0.5, 0.6) is 0 Å². The van der Waals surface area contributed by atoms with Crippen LogP contribution in [0.3, 0.4) is 0 Å². The monoisotopic (exact) mass is 409 g/mol. The maximum Gasteiger partial charge on any atom is 0.239 e. The van der Waals surface area contributed by atoms with Gasteiger partial charge in [-0.05, 0) is 31.0 Å². The highest BCUT2D eigenvalue weighted by Crippen LogP contribution is 2.25. The first-order chi connectivity index (χ1) is 11.2. The van der Waals surface area contributed by atoms with Gasteiger partial charge in [0.05, 0.1) is 11.8 Å². The summed E-state index contributed by atoms with van der Waals surface area (Å²) >= 11 is 6.07. The number of carbonyl (C=O) groups excluding carboxylic acids is 1. The van der Waals surface area contributed by atoms with Crippen molar-refractivity contribution in [3.63, 3.8) is 0 Å². The van der Waals surface area contributed by atoms with Crippen LogP contribution in [0.1, 0.15) is 12.0 Å². The molecule has 9 heteroatoms. The third-order valence-electron chi connectivity index (χ3n) is 4.22. The molecule has 1 saturated heterocycles. The van der Waals surface area contributed by atoms with Crippen molar-refractivity contribution in [2.24, 2.45) is 5.73 Å². The Hall–Kier alpha value is -1.02. The highest BCUT2D eigenvalue weighted by atomic mass is 35.5. The highest BCUT2D eigenvalue weighted by Gasteiger charge is 2.26. The van der Waals surface area contributed by atoms with E-state index in [2.05, 4.69) is 4.90 Å². The van der Waals surface area contributed by atoms with Gasteiger partial charge >= 0.3 is 0 Å². The third-order valence-corrected chi connectivity index (χ3v) is 5.43. The standard InChI is InChI=1S/C16H24ClN3O3S.ClH/c1-12-3-4-13(17)11-15(12)19-6-8-20(9-7-19)16(21)14(18)5-10-24(2,22)23;/h3-4,11,14H,5-10,18H2,1-2H3;1H. The van der Waals surface area contributed by atoms with Gasteiger partial charge in [0, 0.05) is 43.1 Å². The van der Waals surface area contributed by atoms with Gasteiger partial charge in [-0.1, -0.05) is 17.7 Å². The van der Waals surface area contributed by atoms with E-state index in [4.69, 9.17) is 17.3 Å². The number of amides is 1. The van der Waals surface area contributed by atoms with Crippen LogP contribution in [0.25, 0.3) is 0 Å². The number of hydrogen-bond acceptors (Lipinski definition) is 5. The van der Waals surface area contributed by atoms with E-state index >= 15 is 0 Å². The number of hydrogen-bond donors (Lipinski definition) is 1. The molecule has 0 aliphatic carbocycles. The largest absolute Gasteiger partial charge is 0.368 e. The molecular formula is C16H25Cl2N3O3S. The minimum absolute atomic E-state index is 0. The minimum Gasteiger partial charge on any atom is -0.368 e. The van der Waals surface area contributed by atoms with Gasteiger partial charge in [-0.15, -0.1) is 12.4 Å². The molecule has 1 atom stereocenters. The lowest BCUT2D eigenvalue weighted by Gasteiger charge is -2.37. The Bertz CT molecular complexity index is 705. The lowest BCUT2D eigenvalue weighted by atomic mass is 10.1. The molecule has 6 nitrogen and oxygen atoms in total. The number of sulfone groups is 1. The molecule has 0 radical (unpaired) electrons. The van der Waals surface area contributed by atoms with E-state index in [0.29, 0.717) is 31.2 Å². The Labute approximate surface area is 160 Å². The van der Waals surface area contributed by atoms with Crippen LogP contribution in [-0.2, 0) is 14.6 Å². The zero-order chi connectivity index (χ0) is 17.9. The fourth-order valence-corrected chi connectivity index (χ4v) is 3.64. The van der Waals surface area contributed by atoms with Crippen LogP contribution in [-0.4, -0.2) is 63.5 Å². The molecule has 1 aromatic carbocycles. The van der Waals surface area contributed by atoms with Crippen LogP contribution in [0, 0.1) is 6.92 Å². The van der Waals surface area contributed by atoms with Gasteiger partial charge in [0.25, 0.3) is 0 Å². The molecule has 1 aliphatic heterocycles. The predicted octanol–water partition coefficient (Wildman–Crippen LogP) is 1.48. The fourth-order valence-electron chi connectivity index (χ4n) is 2.79. The summed E-state index contributed by atoms with van der Waals surface area (Å²) in [7, 11) is -3.11. The molecule has 1 heterocycles. The van der Waals surface area contributed by atoms with Gasteiger partial charge in [-0.3, -0.25) is 4.79 Å². The summed E-state index contributed by atoms with van der Waals surface area (Å²) in [6.07, 6.45) is 1.31. The maximum absolute atomic E-state index is 12.3. The van der Waals surface area contributed by atoms with Gasteiger partial charge in [-0.2, -0.15) is 0 Å². The number of nitrogens with zero attached hydrogens (tertiary/aromatic N) is 2. The molecule has 1 unspecified atom stereocenters. The summed E-state index contributed by atoms with van der Waals surface area (Å²) in [5.41, 5.74) is 8.08. The highest BCUT2D eigenvalue weighted by molar-refractivity contribution is 7.90. The third kappa shape index (κ3) is 6.33. The quantitative estimate of drug-likeness (QED) is 0.795. The number of rotatable bonds is 5. The van der Waals surface area contributed by atoms with Gasteiger partial charge in [-0.25, -0.2) is 8.42 Å². The zero-order valence-corrected chi connectivity index (χ0v) is 16.8. The average molecular weight is 410 g/mol. The second-order valence-electron chi connectivity index (χ2n) is 6.27. The molecule has 0 spiro atoms. The molecule has 1 aromatic rings. The Kier molecular flexibility index (Phi) is 7.99. The van der Waals surface area contributed by atoms with E-state index in [1.54, 1.807) is 4.90 Å². The van der Waals surface area contributed by atoms with Crippen molar-refractivity contribution in [2.75, 3.05) is 43.1 Å². The van der Waals surface area contributed by atoms with Gasteiger partial charge in [0.15, 0.2) is 0 Å². The summed E-state index contributed by atoms with van der Waals surface area (Å²) in [6.45, 7) is 4.57. The summed E-state index contributed by atoms with van der Waals surface area (Å²) in [4.78, 5) is 16.3. The first-order valence-corrected chi connectivity index (χ1v) is 10.3. The summed E-state index contributed by atoms with van der Waals surface area (Å²) < 4.78 is 22.4. The average Bonchev–Trinajstić information content (AvgIpc) is 2.53. The van der Waals surface area contributed by atoms with E-state index in [-0.39, 0.29) is 30.5 Å². The second kappa shape index (κ2) is 9.07. The molecule has 0 aromatic heterocycles. The van der Waals surface area contributed by atoms with Crippen molar-refractivity contribution in [3.05, 3.63) is 28.8 Å². The van der Waals surface area contributed by atoms with E-state index in [9.17, 15) is 13.2 Å². The summed E-state index contributed by atoms with van der Waals surface area (Å²) in [5.74, 6) is -0.247. The topological polar surface area (TPSA) is 83.7 Å². The van der Waals surface area contributed by atoms with Crippen molar-refractivity contribution in [1.29, 1.82) is 0 Å². The van der Waals surface area contributed by atoms with Gasteiger partial charge < -0.3 is 15.5 Å². The van der Waals surface area contributed by atoms with E-state index in [1.165, 1.54) is 0 Å². The number of halogens is 2. The minimum atomic E-state index is -3.11. The molecule has 1 aliphatic rings. The summed E-state index contributed by atoms with van der Waals surface area (Å²) in [5, 5.41) is 0.692. The van der Waals surface area contributed by atoms with E-state index in [1.807, 2.05) is 25.1 Å². The van der Waals surface area contributed by atoms with Crippen LogP contribution < -0.4 is 10.6 Å². The zero-order valence-electron chi connectivity index (χ0n) is 14.4. The lowest BCUT2D eigenvalue weighted by Crippen LogP contribution is -2.53. The Balaban J connectivity index is 0.00000312. The first-order valence-electron chi connectivity index (χ1n) is 7.90. The number of piperazine rings is 1. The Morgan fingerprint density at radius 2 is 1.88 bits per heavy atom. The maximum atomic E-state index is 12.3. The fraction of sp³-hybridized carbons (Fsp3) is 0.562. The van der Waals surface area contributed by atoms with Gasteiger partial charge in [0.1, 0.15) is 9.84 Å². The molecule has 25 heavy (non-hydrogen) atoms. The van der Waals surface area contributed by atoms with Crippen LogP contribution >= 0.6 is 24.0 Å². The number of anilines is 1. The van der Waals surface area contributed by atoms with Crippen LogP contribution in [0.15, 0.2) is 18.2 Å². The number of nitrogens with two attached hydrogens (primary N) is 1. The summed E-state index contributed by atoms with van der Waals surface area (Å²) in [6, 6.07) is 5.02. The SMILES string of the molecule is Cc1ccc(Cl)cc1N1CCN(C(=O)C(N)CCS(C)(=O)=O)CC1.Cl. The van der Waals surface area contributed by atoms with E-state index in [0.717, 1.165) is 17.5 Å². The molecule has 1 amide bonds. The van der Waals surface area contributed by atoms with Crippen molar-refractivity contribution < 1.29 is 13.2 Å². The normalized spacial score (nSPS) is 16.3. The predicted molar refractivity (Wildman–Crippen MR) is 105 cm³/mol. The second-order valence-corrected chi connectivity index (χ2v) is 8.96. The Morgan fingerprint density at radius 1 is 1.28 bits per heavy atom. The van der Waals surface area contributed by atoms with Crippen molar-refractivity contribution in [1.82, 2.24) is 4.90 Å². The molecule has 142 valence electrons.